The Hall–Kier alpha value is -3.15. The molecule has 0 saturated carbocycles. The molecule has 0 N–H and O–H groups in total. The number of nitrogens with zero attached hydrogens (tertiary/aromatic N) is 2. The average Bonchev–Trinajstić information content (AvgIpc) is 2.98. The lowest BCUT2D eigenvalue weighted by Gasteiger charge is -2.08. The van der Waals surface area contributed by atoms with E-state index < -0.39 is 4.92 Å². The second kappa shape index (κ2) is 5.92. The number of esters is 1. The Labute approximate surface area is 132 Å². The van der Waals surface area contributed by atoms with Gasteiger partial charge in [-0.05, 0) is 37.3 Å². The summed E-state index contributed by atoms with van der Waals surface area (Å²) in [4.78, 5) is 22.3. The van der Waals surface area contributed by atoms with Crippen LogP contribution in [0.2, 0.25) is 0 Å². The summed E-state index contributed by atoms with van der Waals surface area (Å²) in [6, 6.07) is 13.6. The maximum Gasteiger partial charge on any atom is 0.338 e. The number of aromatic nitrogens is 1. The smallest absolute Gasteiger partial charge is 0.338 e. The second-order valence-corrected chi connectivity index (χ2v) is 4.96. The highest BCUT2D eigenvalue weighted by Gasteiger charge is 2.11. The Morgan fingerprint density at radius 3 is 2.78 bits per heavy atom. The molecule has 1 aromatic heterocycles. The van der Waals surface area contributed by atoms with Gasteiger partial charge in [-0.25, -0.2) is 4.79 Å². The van der Waals surface area contributed by atoms with Gasteiger partial charge in [-0.3, -0.25) is 10.1 Å². The number of non-ortho nitro benzene ring substituents is 1. The topological polar surface area (TPSA) is 74.4 Å². The number of carbonyl (C=O) groups excluding carboxylic acids is 1. The van der Waals surface area contributed by atoms with Crippen LogP contribution >= 0.6 is 0 Å². The first-order valence-corrected chi connectivity index (χ1v) is 7.13. The summed E-state index contributed by atoms with van der Waals surface area (Å²) in [6.07, 6.45) is 1.82. The number of fused-ring (bicyclic) bond motifs is 1. The lowest BCUT2D eigenvalue weighted by atomic mass is 10.2. The van der Waals surface area contributed by atoms with Crippen LogP contribution in [0.1, 0.15) is 17.3 Å². The van der Waals surface area contributed by atoms with Gasteiger partial charge >= 0.3 is 5.97 Å². The van der Waals surface area contributed by atoms with E-state index in [1.807, 2.05) is 16.8 Å². The molecule has 0 amide bonds. The van der Waals surface area contributed by atoms with Gasteiger partial charge in [-0.15, -0.1) is 0 Å². The lowest BCUT2D eigenvalue weighted by molar-refractivity contribution is -0.384. The zero-order valence-electron chi connectivity index (χ0n) is 12.4. The average molecular weight is 310 g/mol. The molecule has 3 rings (SSSR count). The van der Waals surface area contributed by atoms with E-state index in [-0.39, 0.29) is 11.7 Å². The molecule has 0 atom stereocenters. The van der Waals surface area contributed by atoms with E-state index >= 15 is 0 Å². The molecular weight excluding hydrogens is 296 g/mol. The molecule has 0 spiro atoms. The fourth-order valence-electron chi connectivity index (χ4n) is 2.47. The highest BCUT2D eigenvalue weighted by atomic mass is 16.6. The van der Waals surface area contributed by atoms with Gasteiger partial charge in [-0.2, -0.15) is 0 Å². The van der Waals surface area contributed by atoms with Gasteiger partial charge in [0.05, 0.1) is 22.6 Å². The van der Waals surface area contributed by atoms with Crippen molar-refractivity contribution in [1.82, 2.24) is 4.57 Å². The number of benzene rings is 2. The van der Waals surface area contributed by atoms with E-state index in [0.717, 1.165) is 16.6 Å². The first kappa shape index (κ1) is 14.8. The molecular formula is C17H14N2O4. The summed E-state index contributed by atoms with van der Waals surface area (Å²) < 4.78 is 6.88. The van der Waals surface area contributed by atoms with Gasteiger partial charge in [0.15, 0.2) is 0 Å². The van der Waals surface area contributed by atoms with Crippen LogP contribution in [0, 0.1) is 10.1 Å². The molecule has 23 heavy (non-hydrogen) atoms. The van der Waals surface area contributed by atoms with E-state index in [1.54, 1.807) is 37.3 Å². The van der Waals surface area contributed by atoms with E-state index in [4.69, 9.17) is 4.74 Å². The predicted molar refractivity (Wildman–Crippen MR) is 85.9 cm³/mol. The number of hydrogen-bond donors (Lipinski definition) is 0. The third kappa shape index (κ3) is 2.78. The molecule has 0 aliphatic carbocycles. The minimum atomic E-state index is -0.418. The van der Waals surface area contributed by atoms with Gasteiger partial charge in [0.2, 0.25) is 0 Å². The van der Waals surface area contributed by atoms with Gasteiger partial charge in [-0.1, -0.05) is 6.07 Å². The molecule has 6 heteroatoms. The van der Waals surface area contributed by atoms with Gasteiger partial charge in [0.25, 0.3) is 5.69 Å². The molecule has 0 unspecified atom stereocenters. The third-order valence-corrected chi connectivity index (χ3v) is 3.52. The fraction of sp³-hybridized carbons (Fsp3) is 0.118. The first-order valence-electron chi connectivity index (χ1n) is 7.13. The Balaban J connectivity index is 2.05. The molecule has 0 fully saturated rings. The van der Waals surface area contributed by atoms with E-state index in [0.29, 0.717) is 12.2 Å². The Kier molecular flexibility index (Phi) is 3.80. The maximum absolute atomic E-state index is 11.8. The minimum absolute atomic E-state index is 0.0514. The van der Waals surface area contributed by atoms with Crippen LogP contribution < -0.4 is 0 Å². The highest BCUT2D eigenvalue weighted by molar-refractivity contribution is 5.90. The predicted octanol–water partition coefficient (Wildman–Crippen LogP) is 3.72. The summed E-state index contributed by atoms with van der Waals surface area (Å²) in [6.45, 7) is 2.08. The van der Waals surface area contributed by atoms with Crippen LogP contribution in [-0.2, 0) is 4.74 Å². The SMILES string of the molecule is CCOC(=O)c1cccc(-n2ccc3cc([N+](=O)[O-])ccc32)c1. The van der Waals surface area contributed by atoms with Crippen LogP contribution in [0.3, 0.4) is 0 Å². The van der Waals surface area contributed by atoms with Crippen molar-refractivity contribution >= 4 is 22.6 Å². The number of carbonyl (C=O) groups is 1. The largest absolute Gasteiger partial charge is 0.462 e. The molecule has 116 valence electrons. The Morgan fingerprint density at radius 1 is 1.22 bits per heavy atom. The summed E-state index contributed by atoms with van der Waals surface area (Å²) in [5.74, 6) is -0.374. The molecule has 0 aliphatic heterocycles. The van der Waals surface area contributed by atoms with Crippen molar-refractivity contribution in [2.75, 3.05) is 6.61 Å². The van der Waals surface area contributed by atoms with Crippen LogP contribution in [-0.4, -0.2) is 22.1 Å². The van der Waals surface area contributed by atoms with Crippen molar-refractivity contribution in [2.24, 2.45) is 0 Å². The molecule has 2 aromatic carbocycles. The van der Waals surface area contributed by atoms with Crippen molar-refractivity contribution < 1.29 is 14.5 Å². The molecule has 0 bridgehead atoms. The summed E-state index contributed by atoms with van der Waals surface area (Å²) >= 11 is 0. The highest BCUT2D eigenvalue weighted by Crippen LogP contribution is 2.25. The normalized spacial score (nSPS) is 10.7. The molecule has 0 radical (unpaired) electrons. The van der Waals surface area contributed by atoms with Crippen LogP contribution in [0.15, 0.2) is 54.7 Å². The monoisotopic (exact) mass is 310 g/mol. The number of rotatable bonds is 4. The molecule has 3 aromatic rings. The van der Waals surface area contributed by atoms with E-state index in [2.05, 4.69) is 0 Å². The molecule has 0 saturated heterocycles. The van der Waals surface area contributed by atoms with Crippen molar-refractivity contribution in [1.29, 1.82) is 0 Å². The molecule has 1 heterocycles. The summed E-state index contributed by atoms with van der Waals surface area (Å²) in [5.41, 5.74) is 2.14. The number of ether oxygens (including phenoxy) is 1. The molecule has 6 nitrogen and oxygen atoms in total. The standard InChI is InChI=1S/C17H14N2O4/c1-2-23-17(20)13-4-3-5-14(11-13)18-9-8-12-10-15(19(21)22)6-7-16(12)18/h3-11H,2H2,1H3. The van der Waals surface area contributed by atoms with Crippen molar-refractivity contribution in [3.05, 3.63) is 70.4 Å². The number of hydrogen-bond acceptors (Lipinski definition) is 4. The quantitative estimate of drug-likeness (QED) is 0.418. The Morgan fingerprint density at radius 2 is 2.04 bits per heavy atom. The molecule has 0 aliphatic rings. The van der Waals surface area contributed by atoms with Crippen molar-refractivity contribution in [3.63, 3.8) is 0 Å². The van der Waals surface area contributed by atoms with Gasteiger partial charge in [0, 0.05) is 29.4 Å². The first-order chi connectivity index (χ1) is 11.1. The Bertz CT molecular complexity index is 898. The van der Waals surface area contributed by atoms with Crippen molar-refractivity contribution in [3.8, 4) is 5.69 Å². The minimum Gasteiger partial charge on any atom is -0.462 e. The van der Waals surface area contributed by atoms with Crippen LogP contribution in [0.5, 0.6) is 0 Å². The van der Waals surface area contributed by atoms with Crippen molar-refractivity contribution in [2.45, 2.75) is 6.92 Å². The van der Waals surface area contributed by atoms with E-state index in [9.17, 15) is 14.9 Å². The van der Waals surface area contributed by atoms with Crippen LogP contribution in [0.25, 0.3) is 16.6 Å². The van der Waals surface area contributed by atoms with E-state index in [1.165, 1.54) is 12.1 Å². The van der Waals surface area contributed by atoms with Gasteiger partial charge in [0.1, 0.15) is 0 Å². The summed E-state index contributed by atoms with van der Waals surface area (Å²) in [7, 11) is 0. The van der Waals surface area contributed by atoms with Crippen LogP contribution in [0.4, 0.5) is 5.69 Å². The lowest BCUT2D eigenvalue weighted by Crippen LogP contribution is -2.05. The zero-order valence-corrected chi connectivity index (χ0v) is 12.4. The second-order valence-electron chi connectivity index (χ2n) is 4.96. The van der Waals surface area contributed by atoms with Gasteiger partial charge < -0.3 is 9.30 Å². The number of nitro benzene ring substituents is 1. The maximum atomic E-state index is 11.8. The fourth-order valence-corrected chi connectivity index (χ4v) is 2.47. The summed E-state index contributed by atoms with van der Waals surface area (Å²) in [5, 5.41) is 11.6. The number of nitro groups is 1. The zero-order chi connectivity index (χ0) is 16.4. The third-order valence-electron chi connectivity index (χ3n) is 3.52.